The van der Waals surface area contributed by atoms with Gasteiger partial charge < -0.3 is 10.1 Å². The second kappa shape index (κ2) is 9.04. The molecule has 0 saturated heterocycles. The molecular weight excluding hydrogens is 376 g/mol. The van der Waals surface area contributed by atoms with Gasteiger partial charge in [0.15, 0.2) is 0 Å². The number of halogens is 1. The van der Waals surface area contributed by atoms with Crippen LogP contribution in [-0.2, 0) is 14.3 Å². The fourth-order valence-corrected chi connectivity index (χ4v) is 3.23. The lowest BCUT2D eigenvalue weighted by Gasteiger charge is -2.15. The van der Waals surface area contributed by atoms with E-state index in [2.05, 4.69) is 5.32 Å². The molecule has 1 aliphatic heterocycles. The van der Waals surface area contributed by atoms with Gasteiger partial charge in [-0.3, -0.25) is 14.5 Å². The third kappa shape index (κ3) is 4.26. The number of rotatable bonds is 8. The normalized spacial score (nSPS) is 14.2. The van der Waals surface area contributed by atoms with E-state index in [4.69, 9.17) is 16.3 Å². The lowest BCUT2D eigenvalue weighted by atomic mass is 10.0. The predicted octanol–water partition coefficient (Wildman–Crippen LogP) is 4.27. The van der Waals surface area contributed by atoms with E-state index in [1.807, 2.05) is 56.3 Å². The third-order valence-electron chi connectivity index (χ3n) is 4.55. The highest BCUT2D eigenvalue weighted by molar-refractivity contribution is 6.36. The first kappa shape index (κ1) is 20.1. The molecule has 0 aliphatic carbocycles. The molecule has 5 nitrogen and oxygen atoms in total. The number of ether oxygens (including phenoxy) is 1. The molecule has 1 N–H and O–H groups in total. The highest BCUT2D eigenvalue weighted by Crippen LogP contribution is 2.31. The van der Waals surface area contributed by atoms with Gasteiger partial charge in [0.05, 0.1) is 5.57 Å². The van der Waals surface area contributed by atoms with Crippen LogP contribution in [0, 0.1) is 6.92 Å². The minimum atomic E-state index is -0.336. The molecule has 0 radical (unpaired) electrons. The number of nitrogens with one attached hydrogen (secondary N) is 1. The first-order chi connectivity index (χ1) is 13.5. The zero-order valence-electron chi connectivity index (χ0n) is 16.0. The summed E-state index contributed by atoms with van der Waals surface area (Å²) in [5, 5.41) is 3.72. The zero-order chi connectivity index (χ0) is 20.1. The fourth-order valence-electron chi connectivity index (χ4n) is 3.05. The Morgan fingerprint density at radius 1 is 1.07 bits per heavy atom. The number of nitrogens with zero attached hydrogens (tertiary/aromatic N) is 1. The number of benzene rings is 2. The number of hydrogen-bond acceptors (Lipinski definition) is 4. The topological polar surface area (TPSA) is 58.6 Å². The Bertz CT molecular complexity index is 909. The van der Waals surface area contributed by atoms with Gasteiger partial charge in [-0.2, -0.15) is 0 Å². The fraction of sp³-hybridized carbons (Fsp3) is 0.273. The number of anilines is 1. The molecule has 0 bridgehead atoms. The van der Waals surface area contributed by atoms with Gasteiger partial charge in [-0.1, -0.05) is 48.0 Å². The Morgan fingerprint density at radius 2 is 1.82 bits per heavy atom. The minimum absolute atomic E-state index is 0.271. The number of hydrogen-bond donors (Lipinski definition) is 1. The van der Waals surface area contributed by atoms with E-state index in [9.17, 15) is 9.59 Å². The Hall–Kier alpha value is -2.63. The maximum atomic E-state index is 13.0. The van der Waals surface area contributed by atoms with E-state index in [0.717, 1.165) is 5.56 Å². The largest absolute Gasteiger partial charge is 0.382 e. The summed E-state index contributed by atoms with van der Waals surface area (Å²) in [6.07, 6.45) is 0.594. The smallest absolute Gasteiger partial charge is 0.278 e. The average Bonchev–Trinajstić information content (AvgIpc) is 2.92. The van der Waals surface area contributed by atoms with Gasteiger partial charge >= 0.3 is 0 Å². The number of carbonyl (C=O) groups excluding carboxylic acids is 2. The summed E-state index contributed by atoms with van der Waals surface area (Å²) in [5.41, 5.74) is 2.95. The zero-order valence-corrected chi connectivity index (χ0v) is 16.8. The summed E-state index contributed by atoms with van der Waals surface area (Å²) in [6.45, 7) is 5.25. The van der Waals surface area contributed by atoms with E-state index < -0.39 is 0 Å². The molecule has 2 aromatic rings. The quantitative estimate of drug-likeness (QED) is 0.533. The number of aryl methyl sites for hydroxylation is 1. The van der Waals surface area contributed by atoms with Crippen molar-refractivity contribution in [3.63, 3.8) is 0 Å². The molecule has 1 aliphatic rings. The second-order valence-corrected chi connectivity index (χ2v) is 6.92. The van der Waals surface area contributed by atoms with Crippen molar-refractivity contribution in [1.29, 1.82) is 0 Å². The van der Waals surface area contributed by atoms with Crippen molar-refractivity contribution in [2.24, 2.45) is 0 Å². The maximum absolute atomic E-state index is 13.0. The van der Waals surface area contributed by atoms with Crippen LogP contribution in [0.4, 0.5) is 5.69 Å². The Morgan fingerprint density at radius 3 is 2.50 bits per heavy atom. The SMILES string of the molecule is CCOCCCN1C(=O)C(Nc2ccc(C)c(Cl)c2)=C(c2ccccc2)C1=O. The minimum Gasteiger partial charge on any atom is -0.382 e. The number of imide groups is 1. The highest BCUT2D eigenvalue weighted by atomic mass is 35.5. The molecule has 0 unspecified atom stereocenters. The summed E-state index contributed by atoms with van der Waals surface area (Å²) in [4.78, 5) is 27.3. The molecule has 146 valence electrons. The van der Waals surface area contributed by atoms with E-state index in [0.29, 0.717) is 48.0 Å². The molecule has 3 rings (SSSR count). The lowest BCUT2D eigenvalue weighted by molar-refractivity contribution is -0.137. The molecular formula is C22H23ClN2O3. The second-order valence-electron chi connectivity index (χ2n) is 6.52. The van der Waals surface area contributed by atoms with Crippen LogP contribution in [0.1, 0.15) is 24.5 Å². The Labute approximate surface area is 169 Å². The van der Waals surface area contributed by atoms with Gasteiger partial charge in [-0.15, -0.1) is 0 Å². The average molecular weight is 399 g/mol. The van der Waals surface area contributed by atoms with Crippen LogP contribution in [0.5, 0.6) is 0 Å². The standard InChI is InChI=1S/C22H23ClN2O3/c1-3-28-13-7-12-25-21(26)19(16-8-5-4-6-9-16)20(22(25)27)24-17-11-10-15(2)18(23)14-17/h4-6,8-11,14,24H,3,7,12-13H2,1-2H3. The van der Waals surface area contributed by atoms with Crippen molar-refractivity contribution in [2.75, 3.05) is 25.1 Å². The van der Waals surface area contributed by atoms with Crippen molar-refractivity contribution in [3.05, 3.63) is 70.4 Å². The number of carbonyl (C=O) groups is 2. The van der Waals surface area contributed by atoms with Gasteiger partial charge in [0.2, 0.25) is 0 Å². The molecule has 6 heteroatoms. The molecule has 0 saturated carbocycles. The Balaban J connectivity index is 1.92. The van der Waals surface area contributed by atoms with Crippen LogP contribution in [0.2, 0.25) is 5.02 Å². The summed E-state index contributed by atoms with van der Waals surface area (Å²) in [6, 6.07) is 14.7. The van der Waals surface area contributed by atoms with Crippen molar-refractivity contribution in [1.82, 2.24) is 4.90 Å². The molecule has 0 fully saturated rings. The van der Waals surface area contributed by atoms with Gasteiger partial charge in [0, 0.05) is 30.5 Å². The van der Waals surface area contributed by atoms with Crippen LogP contribution in [0.15, 0.2) is 54.2 Å². The lowest BCUT2D eigenvalue weighted by Crippen LogP contribution is -2.34. The monoisotopic (exact) mass is 398 g/mol. The third-order valence-corrected chi connectivity index (χ3v) is 4.95. The van der Waals surface area contributed by atoms with E-state index in [-0.39, 0.29) is 17.5 Å². The van der Waals surface area contributed by atoms with Crippen LogP contribution in [0.3, 0.4) is 0 Å². The number of amides is 2. The van der Waals surface area contributed by atoms with Gasteiger partial charge in [0.25, 0.3) is 11.8 Å². The van der Waals surface area contributed by atoms with Gasteiger partial charge in [0.1, 0.15) is 5.70 Å². The van der Waals surface area contributed by atoms with Gasteiger partial charge in [-0.05, 0) is 43.5 Å². The van der Waals surface area contributed by atoms with Crippen molar-refractivity contribution in [2.45, 2.75) is 20.3 Å². The summed E-state index contributed by atoms with van der Waals surface area (Å²) in [5.74, 6) is -0.634. The van der Waals surface area contributed by atoms with Gasteiger partial charge in [-0.25, -0.2) is 0 Å². The molecule has 2 amide bonds. The molecule has 28 heavy (non-hydrogen) atoms. The first-order valence-electron chi connectivity index (χ1n) is 9.29. The van der Waals surface area contributed by atoms with Crippen LogP contribution in [-0.4, -0.2) is 36.5 Å². The highest BCUT2D eigenvalue weighted by Gasteiger charge is 2.38. The van der Waals surface area contributed by atoms with Crippen LogP contribution < -0.4 is 5.32 Å². The molecule has 0 aromatic heterocycles. The van der Waals surface area contributed by atoms with E-state index >= 15 is 0 Å². The van der Waals surface area contributed by atoms with Crippen molar-refractivity contribution in [3.8, 4) is 0 Å². The first-order valence-corrected chi connectivity index (χ1v) is 9.67. The van der Waals surface area contributed by atoms with E-state index in [1.54, 1.807) is 6.07 Å². The predicted molar refractivity (Wildman–Crippen MR) is 111 cm³/mol. The molecule has 2 aromatic carbocycles. The van der Waals surface area contributed by atoms with Crippen LogP contribution >= 0.6 is 11.6 Å². The van der Waals surface area contributed by atoms with Crippen molar-refractivity contribution >= 4 is 34.7 Å². The summed E-state index contributed by atoms with van der Waals surface area (Å²) < 4.78 is 5.33. The van der Waals surface area contributed by atoms with Crippen LogP contribution in [0.25, 0.3) is 5.57 Å². The maximum Gasteiger partial charge on any atom is 0.278 e. The molecule has 0 atom stereocenters. The molecule has 0 spiro atoms. The summed E-state index contributed by atoms with van der Waals surface area (Å²) >= 11 is 6.21. The Kier molecular flexibility index (Phi) is 6.49. The summed E-state index contributed by atoms with van der Waals surface area (Å²) in [7, 11) is 0. The molecule has 1 heterocycles. The van der Waals surface area contributed by atoms with E-state index in [1.165, 1.54) is 4.90 Å². The van der Waals surface area contributed by atoms with Crippen molar-refractivity contribution < 1.29 is 14.3 Å².